The summed E-state index contributed by atoms with van der Waals surface area (Å²) in [5, 5.41) is 11.8. The lowest BCUT2D eigenvalue weighted by Crippen LogP contribution is -2.50. The Kier molecular flexibility index (Phi) is 5.35. The van der Waals surface area contributed by atoms with Gasteiger partial charge in [0.2, 0.25) is 10.0 Å². The fraction of sp³-hybridized carbons (Fsp3) is 0.900. The van der Waals surface area contributed by atoms with Crippen molar-refractivity contribution in [2.45, 2.75) is 32.2 Å². The lowest BCUT2D eigenvalue weighted by molar-refractivity contribution is -0.134. The number of rotatable bonds is 6. The topological polar surface area (TPSA) is 86.7 Å². The molecule has 0 aliphatic carbocycles. The first-order valence-corrected chi connectivity index (χ1v) is 7.50. The molecule has 6 nitrogen and oxygen atoms in total. The molecule has 0 aromatic rings. The zero-order valence-corrected chi connectivity index (χ0v) is 10.9. The first kappa shape index (κ1) is 14.4. The lowest BCUT2D eigenvalue weighted by atomic mass is 10.1. The second kappa shape index (κ2) is 6.32. The Morgan fingerprint density at radius 3 is 2.71 bits per heavy atom. The van der Waals surface area contributed by atoms with Gasteiger partial charge in [-0.3, -0.25) is 4.79 Å². The Morgan fingerprint density at radius 1 is 1.53 bits per heavy atom. The van der Waals surface area contributed by atoms with Gasteiger partial charge in [0, 0.05) is 19.1 Å². The number of nitrogens with one attached hydrogen (secondary N) is 1. The number of nitrogens with zero attached hydrogens (tertiary/aromatic N) is 1. The van der Waals surface area contributed by atoms with Crippen LogP contribution in [0.15, 0.2) is 0 Å². The molecular formula is C10H20N2O4S. The van der Waals surface area contributed by atoms with Crippen LogP contribution in [0.25, 0.3) is 0 Å². The van der Waals surface area contributed by atoms with Gasteiger partial charge in [0.05, 0.1) is 0 Å². The summed E-state index contributed by atoms with van der Waals surface area (Å²) < 4.78 is 25.2. The van der Waals surface area contributed by atoms with E-state index in [-0.39, 0.29) is 6.04 Å². The molecule has 1 heterocycles. The Hall–Kier alpha value is -0.660. The maximum absolute atomic E-state index is 11.9. The van der Waals surface area contributed by atoms with Gasteiger partial charge in [-0.25, -0.2) is 8.42 Å². The summed E-state index contributed by atoms with van der Waals surface area (Å²) in [6.45, 7) is 3.79. The molecule has 0 radical (unpaired) electrons. The first-order chi connectivity index (χ1) is 7.97. The van der Waals surface area contributed by atoms with Crippen LogP contribution in [0.5, 0.6) is 0 Å². The average Bonchev–Trinajstić information content (AvgIpc) is 2.25. The van der Waals surface area contributed by atoms with Crippen LogP contribution in [-0.2, 0) is 14.8 Å². The highest BCUT2D eigenvalue weighted by Crippen LogP contribution is 2.15. The van der Waals surface area contributed by atoms with Crippen molar-refractivity contribution in [2.24, 2.45) is 0 Å². The standard InChI is InChI=1S/C10H20N2O4S/c1-2-6-12(9-4-3-5-11-7-9)17(15,16)8-10(13)14/h9,11H,2-8H2,1H3,(H,13,14). The molecule has 0 aromatic heterocycles. The predicted molar refractivity (Wildman–Crippen MR) is 64.3 cm³/mol. The summed E-state index contributed by atoms with van der Waals surface area (Å²) in [4.78, 5) is 10.6. The highest BCUT2D eigenvalue weighted by molar-refractivity contribution is 7.89. The smallest absolute Gasteiger partial charge is 0.320 e. The molecule has 0 amide bonds. The van der Waals surface area contributed by atoms with Crippen LogP contribution in [0.1, 0.15) is 26.2 Å². The second-order valence-electron chi connectivity index (χ2n) is 4.26. The minimum Gasteiger partial charge on any atom is -0.480 e. The van der Waals surface area contributed by atoms with E-state index in [0.29, 0.717) is 19.5 Å². The van der Waals surface area contributed by atoms with E-state index in [9.17, 15) is 13.2 Å². The van der Waals surface area contributed by atoms with Crippen molar-refractivity contribution in [1.82, 2.24) is 9.62 Å². The van der Waals surface area contributed by atoms with E-state index in [2.05, 4.69) is 5.32 Å². The Bertz CT molecular complexity index is 349. The summed E-state index contributed by atoms with van der Waals surface area (Å²) in [5.74, 6) is -2.11. The van der Waals surface area contributed by atoms with Crippen LogP contribution in [0.3, 0.4) is 0 Å². The summed E-state index contributed by atoms with van der Waals surface area (Å²) in [7, 11) is -3.69. The van der Waals surface area contributed by atoms with Gasteiger partial charge in [-0.2, -0.15) is 4.31 Å². The molecule has 1 unspecified atom stereocenters. The molecule has 0 saturated carbocycles. The molecule has 1 aliphatic heterocycles. The summed E-state index contributed by atoms with van der Waals surface area (Å²) in [6.07, 6.45) is 2.41. The van der Waals surface area contributed by atoms with Crippen LogP contribution >= 0.6 is 0 Å². The SMILES string of the molecule is CCCN(C1CCCNC1)S(=O)(=O)CC(=O)O. The van der Waals surface area contributed by atoms with Crippen LogP contribution in [0, 0.1) is 0 Å². The van der Waals surface area contributed by atoms with Gasteiger partial charge in [0.15, 0.2) is 5.75 Å². The lowest BCUT2D eigenvalue weighted by Gasteiger charge is -2.33. The third-order valence-electron chi connectivity index (χ3n) is 2.79. The minimum absolute atomic E-state index is 0.104. The van der Waals surface area contributed by atoms with Crippen molar-refractivity contribution >= 4 is 16.0 Å². The van der Waals surface area contributed by atoms with Gasteiger partial charge in [0.1, 0.15) is 0 Å². The van der Waals surface area contributed by atoms with Gasteiger partial charge < -0.3 is 10.4 Å². The number of carboxylic acids is 1. The van der Waals surface area contributed by atoms with Crippen molar-refractivity contribution in [3.8, 4) is 0 Å². The number of hydrogen-bond donors (Lipinski definition) is 2. The molecule has 0 aromatic carbocycles. The van der Waals surface area contributed by atoms with E-state index in [1.54, 1.807) is 0 Å². The Balaban J connectivity index is 2.79. The van der Waals surface area contributed by atoms with Crippen LogP contribution in [0.2, 0.25) is 0 Å². The van der Waals surface area contributed by atoms with E-state index >= 15 is 0 Å². The highest BCUT2D eigenvalue weighted by atomic mass is 32.2. The monoisotopic (exact) mass is 264 g/mol. The molecule has 2 N–H and O–H groups in total. The van der Waals surface area contributed by atoms with E-state index in [1.807, 2.05) is 6.92 Å². The molecule has 0 spiro atoms. The normalized spacial score (nSPS) is 21.6. The molecule has 0 bridgehead atoms. The molecule has 1 saturated heterocycles. The quantitative estimate of drug-likeness (QED) is 0.697. The number of carbonyl (C=O) groups is 1. The van der Waals surface area contributed by atoms with Crippen molar-refractivity contribution in [1.29, 1.82) is 0 Å². The fourth-order valence-electron chi connectivity index (χ4n) is 2.09. The zero-order valence-electron chi connectivity index (χ0n) is 10.1. The second-order valence-corrected chi connectivity index (χ2v) is 6.18. The molecule has 7 heteroatoms. The predicted octanol–water partition coefficient (Wildman–Crippen LogP) is -0.135. The van der Waals surface area contributed by atoms with E-state index in [0.717, 1.165) is 19.4 Å². The number of hydrogen-bond acceptors (Lipinski definition) is 4. The molecular weight excluding hydrogens is 244 g/mol. The van der Waals surface area contributed by atoms with Crippen LogP contribution < -0.4 is 5.32 Å². The van der Waals surface area contributed by atoms with Crippen LogP contribution in [0.4, 0.5) is 0 Å². The number of piperidine rings is 1. The van der Waals surface area contributed by atoms with Gasteiger partial charge >= 0.3 is 5.97 Å². The third kappa shape index (κ3) is 4.25. The molecule has 1 atom stereocenters. The fourth-order valence-corrected chi connectivity index (χ4v) is 3.66. The van der Waals surface area contributed by atoms with Crippen molar-refractivity contribution in [3.05, 3.63) is 0 Å². The summed E-state index contributed by atoms with van der Waals surface area (Å²) in [6, 6.07) is -0.104. The van der Waals surface area contributed by atoms with Crippen molar-refractivity contribution in [2.75, 3.05) is 25.4 Å². The number of aliphatic carboxylic acids is 1. The average molecular weight is 264 g/mol. The minimum atomic E-state index is -3.69. The zero-order chi connectivity index (χ0) is 12.9. The Labute approximate surface area is 102 Å². The molecule has 100 valence electrons. The first-order valence-electron chi connectivity index (χ1n) is 5.89. The maximum atomic E-state index is 11.9. The van der Waals surface area contributed by atoms with Crippen molar-refractivity contribution in [3.63, 3.8) is 0 Å². The van der Waals surface area contributed by atoms with Crippen molar-refractivity contribution < 1.29 is 18.3 Å². The molecule has 1 fully saturated rings. The largest absolute Gasteiger partial charge is 0.480 e. The maximum Gasteiger partial charge on any atom is 0.320 e. The van der Waals surface area contributed by atoms with Gasteiger partial charge in [-0.05, 0) is 25.8 Å². The molecule has 17 heavy (non-hydrogen) atoms. The van der Waals surface area contributed by atoms with Gasteiger partial charge in [0.25, 0.3) is 0 Å². The Morgan fingerprint density at radius 2 is 2.24 bits per heavy atom. The van der Waals surface area contributed by atoms with Crippen LogP contribution in [-0.4, -0.2) is 55.2 Å². The van der Waals surface area contributed by atoms with E-state index < -0.39 is 21.7 Å². The van der Waals surface area contributed by atoms with Gasteiger partial charge in [-0.1, -0.05) is 6.92 Å². The summed E-state index contributed by atoms with van der Waals surface area (Å²) in [5.41, 5.74) is 0. The number of carboxylic acid groups (broad SMARTS) is 1. The molecule has 1 aliphatic rings. The highest BCUT2D eigenvalue weighted by Gasteiger charge is 2.31. The van der Waals surface area contributed by atoms with E-state index in [1.165, 1.54) is 4.31 Å². The molecule has 1 rings (SSSR count). The summed E-state index contributed by atoms with van der Waals surface area (Å²) >= 11 is 0. The van der Waals surface area contributed by atoms with Gasteiger partial charge in [-0.15, -0.1) is 0 Å². The number of sulfonamides is 1. The third-order valence-corrected chi connectivity index (χ3v) is 4.59. The van der Waals surface area contributed by atoms with E-state index in [4.69, 9.17) is 5.11 Å².